The van der Waals surface area contributed by atoms with Gasteiger partial charge in [-0.2, -0.15) is 0 Å². The number of fused-ring (bicyclic) bond motifs is 1. The van der Waals surface area contributed by atoms with Crippen LogP contribution in [0.25, 0.3) is 10.1 Å². The smallest absolute Gasteiger partial charge is 0.0349 e. The predicted molar refractivity (Wildman–Crippen MR) is 89.8 cm³/mol. The van der Waals surface area contributed by atoms with Gasteiger partial charge in [0, 0.05) is 22.2 Å². The summed E-state index contributed by atoms with van der Waals surface area (Å²) in [4.78, 5) is 1.54. The van der Waals surface area contributed by atoms with Gasteiger partial charge in [-0.15, -0.1) is 11.3 Å². The Bertz CT molecular complexity index is 614. The molecule has 3 rings (SSSR count). The minimum Gasteiger partial charge on any atom is -0.309 e. The molecule has 1 saturated carbocycles. The molecule has 1 aliphatic carbocycles. The van der Waals surface area contributed by atoms with E-state index in [0.29, 0.717) is 0 Å². The monoisotopic (exact) mass is 287 g/mol. The molecule has 1 aromatic heterocycles. The van der Waals surface area contributed by atoms with Gasteiger partial charge in [-0.1, -0.05) is 33.8 Å². The lowest BCUT2D eigenvalue weighted by molar-refractivity contribution is 0.591. The van der Waals surface area contributed by atoms with Gasteiger partial charge in [0.25, 0.3) is 0 Å². The summed E-state index contributed by atoms with van der Waals surface area (Å²) >= 11 is 1.98. The standard InChI is InChI=1S/C18H25NS/c1-5-14-15-10-12(18(2,3)4)6-9-16(15)20-17(14)11-19-13-7-8-13/h6,9-10,13,19H,5,7-8,11H2,1-4H3. The van der Waals surface area contributed by atoms with Crippen LogP contribution in [0.3, 0.4) is 0 Å². The van der Waals surface area contributed by atoms with E-state index < -0.39 is 0 Å². The van der Waals surface area contributed by atoms with Crippen molar-refractivity contribution in [3.63, 3.8) is 0 Å². The Morgan fingerprint density at radius 3 is 2.60 bits per heavy atom. The van der Waals surface area contributed by atoms with Crippen LogP contribution in [0.4, 0.5) is 0 Å². The van der Waals surface area contributed by atoms with Crippen LogP contribution in [0.15, 0.2) is 18.2 Å². The van der Waals surface area contributed by atoms with Crippen molar-refractivity contribution in [1.82, 2.24) is 5.32 Å². The molecule has 0 saturated heterocycles. The van der Waals surface area contributed by atoms with E-state index in [-0.39, 0.29) is 5.41 Å². The molecule has 1 heterocycles. The van der Waals surface area contributed by atoms with Crippen LogP contribution in [0.1, 0.15) is 56.5 Å². The number of aryl methyl sites for hydroxylation is 1. The number of nitrogens with one attached hydrogen (secondary N) is 1. The molecule has 0 atom stereocenters. The Kier molecular flexibility index (Phi) is 3.64. The number of benzene rings is 1. The number of thiophene rings is 1. The first-order chi connectivity index (χ1) is 9.49. The minimum atomic E-state index is 0.230. The normalized spacial score (nSPS) is 16.0. The third-order valence-corrected chi connectivity index (χ3v) is 5.44. The van der Waals surface area contributed by atoms with Crippen LogP contribution in [-0.2, 0) is 18.4 Å². The Morgan fingerprint density at radius 2 is 2.00 bits per heavy atom. The van der Waals surface area contributed by atoms with Gasteiger partial charge in [0.05, 0.1) is 0 Å². The topological polar surface area (TPSA) is 12.0 Å². The molecule has 1 fully saturated rings. The molecule has 20 heavy (non-hydrogen) atoms. The Labute approximate surface area is 126 Å². The lowest BCUT2D eigenvalue weighted by atomic mass is 9.86. The maximum Gasteiger partial charge on any atom is 0.0349 e. The third kappa shape index (κ3) is 2.77. The number of hydrogen-bond donors (Lipinski definition) is 1. The van der Waals surface area contributed by atoms with Crippen molar-refractivity contribution in [3.05, 3.63) is 34.2 Å². The van der Waals surface area contributed by atoms with Gasteiger partial charge in [0.2, 0.25) is 0 Å². The van der Waals surface area contributed by atoms with Crippen molar-refractivity contribution in [1.29, 1.82) is 0 Å². The fourth-order valence-electron chi connectivity index (χ4n) is 2.72. The van der Waals surface area contributed by atoms with Gasteiger partial charge >= 0.3 is 0 Å². The second kappa shape index (κ2) is 5.16. The van der Waals surface area contributed by atoms with E-state index in [1.54, 1.807) is 10.4 Å². The molecular weight excluding hydrogens is 262 g/mol. The van der Waals surface area contributed by atoms with E-state index in [1.165, 1.54) is 28.5 Å². The first kappa shape index (κ1) is 14.1. The van der Waals surface area contributed by atoms with Crippen LogP contribution < -0.4 is 5.32 Å². The number of rotatable bonds is 4. The van der Waals surface area contributed by atoms with Crippen LogP contribution in [0, 0.1) is 0 Å². The van der Waals surface area contributed by atoms with Crippen molar-refractivity contribution in [2.75, 3.05) is 0 Å². The Morgan fingerprint density at radius 1 is 1.25 bits per heavy atom. The first-order valence-electron chi connectivity index (χ1n) is 7.77. The molecule has 2 aromatic rings. The van der Waals surface area contributed by atoms with Crippen LogP contribution in [0.2, 0.25) is 0 Å². The summed E-state index contributed by atoms with van der Waals surface area (Å²) in [6, 6.07) is 7.83. The zero-order valence-electron chi connectivity index (χ0n) is 13.0. The molecule has 0 radical (unpaired) electrons. The molecule has 108 valence electrons. The lowest BCUT2D eigenvalue weighted by Gasteiger charge is -2.19. The average Bonchev–Trinajstić information content (AvgIpc) is 3.15. The quantitative estimate of drug-likeness (QED) is 0.833. The van der Waals surface area contributed by atoms with Crippen molar-refractivity contribution >= 4 is 21.4 Å². The number of hydrogen-bond acceptors (Lipinski definition) is 2. The summed E-state index contributed by atoms with van der Waals surface area (Å²) in [6.07, 6.45) is 3.86. The second-order valence-corrected chi connectivity index (χ2v) is 8.11. The molecule has 1 aliphatic rings. The lowest BCUT2D eigenvalue weighted by Crippen LogP contribution is -2.15. The molecule has 0 bridgehead atoms. The van der Waals surface area contributed by atoms with Crippen molar-refractivity contribution in [2.24, 2.45) is 0 Å². The van der Waals surface area contributed by atoms with E-state index in [4.69, 9.17) is 0 Å². The zero-order chi connectivity index (χ0) is 14.3. The summed E-state index contributed by atoms with van der Waals surface area (Å²) in [5.74, 6) is 0. The van der Waals surface area contributed by atoms with Gasteiger partial charge in [0.15, 0.2) is 0 Å². The highest BCUT2D eigenvalue weighted by Gasteiger charge is 2.22. The molecule has 0 spiro atoms. The first-order valence-corrected chi connectivity index (χ1v) is 8.59. The summed E-state index contributed by atoms with van der Waals surface area (Å²) in [5, 5.41) is 5.15. The van der Waals surface area contributed by atoms with Gasteiger partial charge in [-0.25, -0.2) is 0 Å². The van der Waals surface area contributed by atoms with Crippen molar-refractivity contribution < 1.29 is 0 Å². The highest BCUT2D eigenvalue weighted by atomic mass is 32.1. The molecule has 1 aromatic carbocycles. The van der Waals surface area contributed by atoms with Crippen molar-refractivity contribution in [3.8, 4) is 0 Å². The third-order valence-electron chi connectivity index (χ3n) is 4.22. The van der Waals surface area contributed by atoms with Gasteiger partial charge in [-0.05, 0) is 53.3 Å². The molecular formula is C18H25NS. The van der Waals surface area contributed by atoms with Crippen molar-refractivity contribution in [2.45, 2.75) is 65.0 Å². The van der Waals surface area contributed by atoms with E-state index >= 15 is 0 Å². The minimum absolute atomic E-state index is 0.230. The maximum atomic E-state index is 3.66. The maximum absolute atomic E-state index is 3.66. The summed E-state index contributed by atoms with van der Waals surface area (Å²) in [5.41, 5.74) is 3.23. The largest absolute Gasteiger partial charge is 0.309 e. The highest BCUT2D eigenvalue weighted by Crippen LogP contribution is 2.35. The highest BCUT2D eigenvalue weighted by molar-refractivity contribution is 7.19. The fraction of sp³-hybridized carbons (Fsp3) is 0.556. The van der Waals surface area contributed by atoms with E-state index in [1.807, 2.05) is 11.3 Å². The molecule has 0 aliphatic heterocycles. The molecule has 0 unspecified atom stereocenters. The molecule has 1 N–H and O–H groups in total. The van der Waals surface area contributed by atoms with E-state index in [2.05, 4.69) is 51.2 Å². The average molecular weight is 287 g/mol. The van der Waals surface area contributed by atoms with Crippen LogP contribution in [-0.4, -0.2) is 6.04 Å². The summed E-state index contributed by atoms with van der Waals surface area (Å²) in [6.45, 7) is 10.2. The predicted octanol–water partition coefficient (Wildman–Crippen LogP) is 5.01. The SMILES string of the molecule is CCc1c(CNC2CC2)sc2ccc(C(C)(C)C)cc12. The van der Waals surface area contributed by atoms with E-state index in [9.17, 15) is 0 Å². The second-order valence-electron chi connectivity index (χ2n) is 6.97. The van der Waals surface area contributed by atoms with Crippen LogP contribution >= 0.6 is 11.3 Å². The fourth-order valence-corrected chi connectivity index (χ4v) is 3.95. The van der Waals surface area contributed by atoms with Gasteiger partial charge in [-0.3, -0.25) is 0 Å². The van der Waals surface area contributed by atoms with E-state index in [0.717, 1.165) is 19.0 Å². The molecule has 2 heteroatoms. The Balaban J connectivity index is 1.99. The van der Waals surface area contributed by atoms with Gasteiger partial charge < -0.3 is 5.32 Å². The Hall–Kier alpha value is -0.860. The zero-order valence-corrected chi connectivity index (χ0v) is 13.9. The summed E-state index contributed by atoms with van der Waals surface area (Å²) < 4.78 is 1.45. The van der Waals surface area contributed by atoms with Gasteiger partial charge in [0.1, 0.15) is 0 Å². The summed E-state index contributed by atoms with van der Waals surface area (Å²) in [7, 11) is 0. The van der Waals surface area contributed by atoms with Crippen LogP contribution in [0.5, 0.6) is 0 Å². The molecule has 0 amide bonds. The molecule has 1 nitrogen and oxygen atoms in total.